The van der Waals surface area contributed by atoms with Crippen LogP contribution in [-0.4, -0.2) is 6.61 Å². The Morgan fingerprint density at radius 2 is 2.50 bits per heavy atom. The fourth-order valence-electron chi connectivity index (χ4n) is 0.486. The van der Waals surface area contributed by atoms with Gasteiger partial charge in [-0.25, -0.2) is 0 Å². The van der Waals surface area contributed by atoms with Crippen molar-refractivity contribution in [3.63, 3.8) is 0 Å². The van der Waals surface area contributed by atoms with Crippen molar-refractivity contribution in [3.05, 3.63) is 5.44 Å². The van der Waals surface area contributed by atoms with Crippen LogP contribution >= 0.6 is 12.6 Å². The summed E-state index contributed by atoms with van der Waals surface area (Å²) in [4.78, 5) is 0. The molecular weight excluding hydrogens is 96.1 g/mol. The minimum atomic E-state index is 0.874. The lowest BCUT2D eigenvalue weighted by molar-refractivity contribution is 0.241. The standard InChI is InChI=1S/C4H7OS/c6-4-2-1-3-5-4/h6H,1-3H2. The third-order valence-electron chi connectivity index (χ3n) is 0.804. The van der Waals surface area contributed by atoms with Crippen molar-refractivity contribution in [1.29, 1.82) is 0 Å². The van der Waals surface area contributed by atoms with Gasteiger partial charge in [0.2, 0.25) is 0 Å². The lowest BCUT2D eigenvalue weighted by Gasteiger charge is -1.91. The van der Waals surface area contributed by atoms with Crippen molar-refractivity contribution < 1.29 is 4.74 Å². The van der Waals surface area contributed by atoms with Crippen LogP contribution in [0.4, 0.5) is 0 Å². The van der Waals surface area contributed by atoms with E-state index in [-0.39, 0.29) is 0 Å². The smallest absolute Gasteiger partial charge is 0.149 e. The van der Waals surface area contributed by atoms with Gasteiger partial charge in [0, 0.05) is 6.61 Å². The maximum Gasteiger partial charge on any atom is 0.149 e. The van der Waals surface area contributed by atoms with Gasteiger partial charge >= 0.3 is 0 Å². The largest absolute Gasteiger partial charge is 0.361 e. The van der Waals surface area contributed by atoms with Crippen LogP contribution in [0, 0.1) is 5.44 Å². The second-order valence-corrected chi connectivity index (χ2v) is 1.84. The molecule has 1 saturated heterocycles. The van der Waals surface area contributed by atoms with Gasteiger partial charge in [0.1, 0.15) is 5.44 Å². The van der Waals surface area contributed by atoms with Crippen molar-refractivity contribution in [2.45, 2.75) is 12.8 Å². The van der Waals surface area contributed by atoms with E-state index in [1.165, 1.54) is 0 Å². The number of rotatable bonds is 0. The third kappa shape index (κ3) is 0.884. The molecule has 1 fully saturated rings. The first-order valence-electron chi connectivity index (χ1n) is 2.07. The van der Waals surface area contributed by atoms with Crippen LogP contribution in [-0.2, 0) is 4.74 Å². The van der Waals surface area contributed by atoms with E-state index in [1.807, 2.05) is 0 Å². The fourth-order valence-corrected chi connectivity index (χ4v) is 0.735. The average molecular weight is 103 g/mol. The Hall–Kier alpha value is 0.310. The van der Waals surface area contributed by atoms with Crippen LogP contribution in [0.2, 0.25) is 0 Å². The number of hydrogen-bond donors (Lipinski definition) is 1. The molecule has 0 spiro atoms. The van der Waals surface area contributed by atoms with Gasteiger partial charge in [-0.3, -0.25) is 0 Å². The third-order valence-corrected chi connectivity index (χ3v) is 1.16. The quantitative estimate of drug-likeness (QED) is 0.453. The predicted octanol–water partition coefficient (Wildman–Crippen LogP) is 1.22. The molecule has 1 nitrogen and oxygen atoms in total. The zero-order valence-electron chi connectivity index (χ0n) is 3.48. The summed E-state index contributed by atoms with van der Waals surface area (Å²) in [5.74, 6) is 0. The van der Waals surface area contributed by atoms with Crippen LogP contribution in [0.25, 0.3) is 0 Å². The SMILES string of the molecule is S[C]1CCCO1. The molecule has 1 radical (unpaired) electrons. The highest BCUT2D eigenvalue weighted by Crippen LogP contribution is 2.21. The Labute approximate surface area is 43.1 Å². The topological polar surface area (TPSA) is 9.23 Å². The average Bonchev–Trinajstić information content (AvgIpc) is 1.86. The second kappa shape index (κ2) is 1.85. The van der Waals surface area contributed by atoms with Crippen molar-refractivity contribution in [1.82, 2.24) is 0 Å². The lowest BCUT2D eigenvalue weighted by atomic mass is 10.4. The molecule has 6 heavy (non-hydrogen) atoms. The molecule has 0 aromatic rings. The monoisotopic (exact) mass is 103 g/mol. The molecule has 35 valence electrons. The van der Waals surface area contributed by atoms with Gasteiger partial charge in [0.25, 0.3) is 0 Å². The highest BCUT2D eigenvalue weighted by Gasteiger charge is 2.09. The number of ether oxygens (including phenoxy) is 1. The van der Waals surface area contributed by atoms with Crippen LogP contribution in [0.3, 0.4) is 0 Å². The normalized spacial score (nSPS) is 25.5. The van der Waals surface area contributed by atoms with Crippen LogP contribution in [0.1, 0.15) is 12.8 Å². The molecule has 0 atom stereocenters. The minimum Gasteiger partial charge on any atom is -0.361 e. The predicted molar refractivity (Wildman–Crippen MR) is 27.4 cm³/mol. The molecule has 1 rings (SSSR count). The van der Waals surface area contributed by atoms with Crippen LogP contribution in [0.15, 0.2) is 0 Å². The summed E-state index contributed by atoms with van der Waals surface area (Å²) in [6.07, 6.45) is 2.20. The van der Waals surface area contributed by atoms with Gasteiger partial charge in [-0.2, -0.15) is 0 Å². The first-order valence-corrected chi connectivity index (χ1v) is 2.52. The lowest BCUT2D eigenvalue weighted by Crippen LogP contribution is -1.78. The molecule has 0 amide bonds. The highest BCUT2D eigenvalue weighted by molar-refractivity contribution is 7.83. The maximum absolute atomic E-state index is 4.93. The Morgan fingerprint density at radius 1 is 1.67 bits per heavy atom. The van der Waals surface area contributed by atoms with Crippen LogP contribution in [0.5, 0.6) is 0 Å². The molecule has 0 bridgehead atoms. The van der Waals surface area contributed by atoms with E-state index in [0.29, 0.717) is 0 Å². The van der Waals surface area contributed by atoms with Gasteiger partial charge in [0.15, 0.2) is 0 Å². The van der Waals surface area contributed by atoms with Crippen LogP contribution < -0.4 is 0 Å². The van der Waals surface area contributed by atoms with E-state index >= 15 is 0 Å². The van der Waals surface area contributed by atoms with Gasteiger partial charge in [-0.1, -0.05) is 0 Å². The molecular formula is C4H7OS. The van der Waals surface area contributed by atoms with E-state index in [9.17, 15) is 0 Å². The Balaban J connectivity index is 2.18. The molecule has 0 aliphatic carbocycles. The van der Waals surface area contributed by atoms with E-state index in [2.05, 4.69) is 12.6 Å². The summed E-state index contributed by atoms with van der Waals surface area (Å²) < 4.78 is 4.93. The maximum atomic E-state index is 4.93. The summed E-state index contributed by atoms with van der Waals surface area (Å²) in [6, 6.07) is 0. The number of thiol groups is 1. The number of hydrogen-bond acceptors (Lipinski definition) is 2. The molecule has 1 aliphatic rings. The summed E-state index contributed by atoms with van der Waals surface area (Å²) in [6.45, 7) is 0.874. The van der Waals surface area contributed by atoms with Crippen molar-refractivity contribution >= 4 is 12.6 Å². The minimum absolute atomic E-state index is 0.874. The molecule has 1 aliphatic heterocycles. The molecule has 1 heterocycles. The summed E-state index contributed by atoms with van der Waals surface area (Å²) in [7, 11) is 0. The van der Waals surface area contributed by atoms with E-state index in [1.54, 1.807) is 0 Å². The Kier molecular flexibility index (Phi) is 1.37. The zero-order chi connectivity index (χ0) is 4.41. The van der Waals surface area contributed by atoms with Gasteiger partial charge < -0.3 is 4.74 Å². The summed E-state index contributed by atoms with van der Waals surface area (Å²) in [5.41, 5.74) is 0.898. The summed E-state index contributed by atoms with van der Waals surface area (Å²) >= 11 is 3.99. The van der Waals surface area contributed by atoms with E-state index < -0.39 is 0 Å². The van der Waals surface area contributed by atoms with Crippen molar-refractivity contribution in [2.24, 2.45) is 0 Å². The van der Waals surface area contributed by atoms with Gasteiger partial charge in [-0.05, 0) is 12.8 Å². The van der Waals surface area contributed by atoms with Gasteiger partial charge in [0.05, 0.1) is 0 Å². The molecule has 0 aromatic carbocycles. The Morgan fingerprint density at radius 3 is 2.67 bits per heavy atom. The molecule has 0 N–H and O–H groups in total. The first-order chi connectivity index (χ1) is 2.89. The highest BCUT2D eigenvalue weighted by atomic mass is 32.1. The molecule has 0 unspecified atom stereocenters. The molecule has 2 heteroatoms. The van der Waals surface area contributed by atoms with E-state index in [0.717, 1.165) is 24.9 Å². The zero-order valence-corrected chi connectivity index (χ0v) is 4.37. The van der Waals surface area contributed by atoms with E-state index in [4.69, 9.17) is 4.74 Å². The first kappa shape index (κ1) is 4.47. The fraction of sp³-hybridized carbons (Fsp3) is 0.750. The van der Waals surface area contributed by atoms with Crippen molar-refractivity contribution in [3.8, 4) is 0 Å². The molecule has 0 saturated carbocycles. The van der Waals surface area contributed by atoms with Crippen molar-refractivity contribution in [2.75, 3.05) is 6.61 Å². The Bertz CT molecular complexity index is 40.8. The summed E-state index contributed by atoms with van der Waals surface area (Å²) in [5, 5.41) is 0. The second-order valence-electron chi connectivity index (χ2n) is 1.35. The van der Waals surface area contributed by atoms with Gasteiger partial charge in [-0.15, -0.1) is 12.6 Å². The molecule has 0 aromatic heterocycles.